The molecule has 1 atom stereocenters. The fourth-order valence-electron chi connectivity index (χ4n) is 4.01. The van der Waals surface area contributed by atoms with E-state index < -0.39 is 5.95 Å². The lowest BCUT2D eigenvalue weighted by molar-refractivity contribution is 0.199. The molecule has 2 N–H and O–H groups in total. The fourth-order valence-corrected chi connectivity index (χ4v) is 4.01. The van der Waals surface area contributed by atoms with Gasteiger partial charge in [-0.25, -0.2) is 29.9 Å². The third kappa shape index (κ3) is 8.34. The molecule has 0 aromatic carbocycles. The van der Waals surface area contributed by atoms with Crippen molar-refractivity contribution in [3.63, 3.8) is 0 Å². The van der Waals surface area contributed by atoms with E-state index in [1.165, 1.54) is 6.20 Å². The van der Waals surface area contributed by atoms with Gasteiger partial charge in [0.2, 0.25) is 11.8 Å². The van der Waals surface area contributed by atoms with Gasteiger partial charge in [-0.05, 0) is 71.2 Å². The van der Waals surface area contributed by atoms with Gasteiger partial charge >= 0.3 is 0 Å². The van der Waals surface area contributed by atoms with Crippen molar-refractivity contribution in [1.29, 1.82) is 0 Å². The lowest BCUT2D eigenvalue weighted by Crippen LogP contribution is -2.43. The number of pyridine rings is 2. The molecule has 9 heteroatoms. The molecule has 38 heavy (non-hydrogen) atoms. The highest BCUT2D eigenvalue weighted by molar-refractivity contribution is 5.59. The molecule has 0 aliphatic carbocycles. The van der Waals surface area contributed by atoms with E-state index in [0.29, 0.717) is 29.8 Å². The molecule has 4 aromatic rings. The minimum Gasteiger partial charge on any atom is -0.476 e. The van der Waals surface area contributed by atoms with Crippen LogP contribution in [0.2, 0.25) is 0 Å². The Labute approximate surface area is 224 Å². The molecule has 4 rings (SSSR count). The maximum atomic E-state index is 12.9. The Morgan fingerprint density at radius 2 is 1.37 bits per heavy atom. The van der Waals surface area contributed by atoms with E-state index in [0.717, 1.165) is 40.3 Å². The van der Waals surface area contributed by atoms with Gasteiger partial charge in [0.25, 0.3) is 0 Å². The molecule has 200 valence electrons. The van der Waals surface area contributed by atoms with Crippen molar-refractivity contribution >= 4 is 0 Å². The highest BCUT2D eigenvalue weighted by Gasteiger charge is 2.21. The van der Waals surface area contributed by atoms with Gasteiger partial charge in [0, 0.05) is 52.6 Å². The SMILES string of the molecule is Cc1nccc(-c2cnc(F)c(C)c2)n1.Cc1nccc(-c2cnc(OC[C@](C)(N)CC(C)C)c(C)c2)n1. The van der Waals surface area contributed by atoms with E-state index in [9.17, 15) is 4.39 Å². The third-order valence-corrected chi connectivity index (χ3v) is 5.60. The molecule has 4 heterocycles. The van der Waals surface area contributed by atoms with Crippen LogP contribution >= 0.6 is 0 Å². The molecule has 0 bridgehead atoms. The van der Waals surface area contributed by atoms with E-state index in [-0.39, 0.29) is 5.54 Å². The van der Waals surface area contributed by atoms with Crippen LogP contribution in [-0.4, -0.2) is 42.0 Å². The van der Waals surface area contributed by atoms with Crippen LogP contribution in [0.25, 0.3) is 22.5 Å². The first-order valence-electron chi connectivity index (χ1n) is 12.5. The Bertz CT molecular complexity index is 1370. The Kier molecular flexibility index (Phi) is 9.52. The first-order valence-corrected chi connectivity index (χ1v) is 12.5. The predicted octanol–water partition coefficient (Wildman–Crippen LogP) is 5.59. The van der Waals surface area contributed by atoms with Crippen molar-refractivity contribution in [3.8, 4) is 28.4 Å². The van der Waals surface area contributed by atoms with Gasteiger partial charge in [0.1, 0.15) is 18.3 Å². The molecule has 0 aliphatic heterocycles. The van der Waals surface area contributed by atoms with Crippen LogP contribution in [0.3, 0.4) is 0 Å². The lowest BCUT2D eigenvalue weighted by atomic mass is 9.93. The highest BCUT2D eigenvalue weighted by atomic mass is 19.1. The summed E-state index contributed by atoms with van der Waals surface area (Å²) in [6.45, 7) is 14.1. The van der Waals surface area contributed by atoms with E-state index in [2.05, 4.69) is 43.8 Å². The summed E-state index contributed by atoms with van der Waals surface area (Å²) in [5.41, 5.74) is 10.8. The average molecular weight is 518 g/mol. The standard InChI is InChI=1S/C18H26N4O.C11H10FN3/c1-12(2)9-18(5,19)11-23-17-13(3)8-15(10-21-17)16-6-7-20-14(4)22-16;1-7-5-9(6-14-11(7)12)10-3-4-13-8(2)15-10/h6-8,10,12H,9,11,19H2,1-5H3;3-6H,1-2H3/t18-;/m1./s1. The molecule has 0 unspecified atom stereocenters. The zero-order chi connectivity index (χ0) is 27.9. The summed E-state index contributed by atoms with van der Waals surface area (Å²) in [6.07, 6.45) is 7.59. The third-order valence-electron chi connectivity index (χ3n) is 5.60. The number of hydrogen-bond acceptors (Lipinski definition) is 8. The summed E-state index contributed by atoms with van der Waals surface area (Å²) in [5.74, 6) is 2.15. The molecular weight excluding hydrogens is 481 g/mol. The van der Waals surface area contributed by atoms with Gasteiger partial charge in [-0.15, -0.1) is 0 Å². The number of ether oxygens (including phenoxy) is 1. The van der Waals surface area contributed by atoms with Crippen LogP contribution in [0, 0.1) is 39.6 Å². The van der Waals surface area contributed by atoms with Gasteiger partial charge in [0.15, 0.2) is 0 Å². The van der Waals surface area contributed by atoms with Crippen LogP contribution < -0.4 is 10.5 Å². The van der Waals surface area contributed by atoms with E-state index >= 15 is 0 Å². The van der Waals surface area contributed by atoms with Crippen LogP contribution in [0.5, 0.6) is 5.88 Å². The Hall–Kier alpha value is -3.85. The summed E-state index contributed by atoms with van der Waals surface area (Å²) in [7, 11) is 0. The molecule has 0 spiro atoms. The molecule has 0 aliphatic rings. The highest BCUT2D eigenvalue weighted by Crippen LogP contribution is 2.24. The smallest absolute Gasteiger partial charge is 0.216 e. The van der Waals surface area contributed by atoms with Crippen LogP contribution in [0.1, 0.15) is 50.0 Å². The largest absolute Gasteiger partial charge is 0.476 e. The Morgan fingerprint density at radius 1 is 0.842 bits per heavy atom. The van der Waals surface area contributed by atoms with Gasteiger partial charge in [0.05, 0.1) is 11.4 Å². The van der Waals surface area contributed by atoms with Crippen LogP contribution in [0.15, 0.2) is 49.1 Å². The molecule has 0 saturated carbocycles. The first kappa shape index (κ1) is 28.7. The van der Waals surface area contributed by atoms with E-state index in [1.54, 1.807) is 37.6 Å². The predicted molar refractivity (Wildman–Crippen MR) is 147 cm³/mol. The molecule has 8 nitrogen and oxygen atoms in total. The zero-order valence-corrected chi connectivity index (χ0v) is 23.2. The molecule has 0 saturated heterocycles. The second kappa shape index (κ2) is 12.6. The second-order valence-corrected chi connectivity index (χ2v) is 10.2. The Morgan fingerprint density at radius 3 is 1.84 bits per heavy atom. The molecule has 0 radical (unpaired) electrons. The average Bonchev–Trinajstić information content (AvgIpc) is 2.84. The number of aryl methyl sites for hydroxylation is 4. The molecule has 0 fully saturated rings. The summed E-state index contributed by atoms with van der Waals surface area (Å²) < 4.78 is 18.8. The van der Waals surface area contributed by atoms with Crippen molar-refractivity contribution in [2.45, 2.75) is 60.4 Å². The van der Waals surface area contributed by atoms with Gasteiger partial charge in [-0.1, -0.05) is 13.8 Å². The van der Waals surface area contributed by atoms with Crippen molar-refractivity contribution in [2.75, 3.05) is 6.61 Å². The topological polar surface area (TPSA) is 113 Å². The molecule has 0 amide bonds. The lowest BCUT2D eigenvalue weighted by Gasteiger charge is -2.26. The van der Waals surface area contributed by atoms with E-state index in [4.69, 9.17) is 10.5 Å². The normalized spacial score (nSPS) is 12.5. The number of nitrogens with two attached hydrogens (primary N) is 1. The number of aromatic nitrogens is 6. The summed E-state index contributed by atoms with van der Waals surface area (Å²) >= 11 is 0. The van der Waals surface area contributed by atoms with Gasteiger partial charge < -0.3 is 10.5 Å². The van der Waals surface area contributed by atoms with Crippen molar-refractivity contribution in [2.24, 2.45) is 11.7 Å². The van der Waals surface area contributed by atoms with Crippen molar-refractivity contribution in [1.82, 2.24) is 29.9 Å². The van der Waals surface area contributed by atoms with Crippen molar-refractivity contribution in [3.05, 3.63) is 77.8 Å². The second-order valence-electron chi connectivity index (χ2n) is 10.2. The quantitative estimate of drug-likeness (QED) is 0.316. The summed E-state index contributed by atoms with van der Waals surface area (Å²) in [5, 5.41) is 0. The number of nitrogens with zero attached hydrogens (tertiary/aromatic N) is 6. The number of rotatable bonds is 7. The summed E-state index contributed by atoms with van der Waals surface area (Å²) in [6, 6.07) is 7.41. The number of hydrogen-bond donors (Lipinski definition) is 1. The fraction of sp³-hybridized carbons (Fsp3) is 0.379. The maximum Gasteiger partial charge on any atom is 0.216 e. The van der Waals surface area contributed by atoms with Crippen molar-refractivity contribution < 1.29 is 9.13 Å². The van der Waals surface area contributed by atoms with Gasteiger partial charge in [-0.2, -0.15) is 4.39 Å². The van der Waals surface area contributed by atoms with E-state index in [1.807, 2.05) is 39.8 Å². The summed E-state index contributed by atoms with van der Waals surface area (Å²) in [4.78, 5) is 24.9. The molecule has 4 aromatic heterocycles. The Balaban J connectivity index is 0.000000230. The van der Waals surface area contributed by atoms with Gasteiger partial charge in [-0.3, -0.25) is 0 Å². The van der Waals surface area contributed by atoms with Crippen LogP contribution in [-0.2, 0) is 0 Å². The molecular formula is C29H36FN7O. The monoisotopic (exact) mass is 517 g/mol. The number of halogens is 1. The zero-order valence-electron chi connectivity index (χ0n) is 23.2. The minimum absolute atomic E-state index is 0.356. The maximum absolute atomic E-state index is 12.9. The van der Waals surface area contributed by atoms with Crippen LogP contribution in [0.4, 0.5) is 4.39 Å². The minimum atomic E-state index is -0.440. The first-order chi connectivity index (χ1) is 17.9.